The number of hydrogen-bond donors (Lipinski definition) is 0. The maximum Gasteiger partial charge on any atom is 0.266 e. The van der Waals surface area contributed by atoms with E-state index in [1.54, 1.807) is 12.2 Å². The fourth-order valence-electron chi connectivity index (χ4n) is 4.99. The maximum absolute atomic E-state index is 13.9. The number of nitrogens with zero attached hydrogens (tertiary/aromatic N) is 2. The number of hydrogen-bond acceptors (Lipinski definition) is 5. The van der Waals surface area contributed by atoms with Gasteiger partial charge in [-0.15, -0.1) is 0 Å². The normalized spacial score (nSPS) is 21.9. The summed E-state index contributed by atoms with van der Waals surface area (Å²) in [5.41, 5.74) is 2.25. The van der Waals surface area contributed by atoms with Crippen LogP contribution in [0, 0.1) is 5.92 Å². The molecule has 168 valence electrons. The van der Waals surface area contributed by atoms with E-state index in [-0.39, 0.29) is 11.8 Å². The van der Waals surface area contributed by atoms with Crippen LogP contribution in [-0.2, 0) is 14.4 Å². The Bertz CT molecular complexity index is 1380. The lowest BCUT2D eigenvalue weighted by Gasteiger charge is -2.29. The molecule has 0 radical (unpaired) electrons. The summed E-state index contributed by atoms with van der Waals surface area (Å²) in [6.07, 6.45) is -0.904. The van der Waals surface area contributed by atoms with Crippen LogP contribution in [0.2, 0.25) is 0 Å². The van der Waals surface area contributed by atoms with Gasteiger partial charge in [0.15, 0.2) is 6.10 Å². The van der Waals surface area contributed by atoms with Crippen LogP contribution >= 0.6 is 0 Å². The zero-order valence-corrected chi connectivity index (χ0v) is 18.5. The van der Waals surface area contributed by atoms with E-state index in [1.807, 2.05) is 97.1 Å². The van der Waals surface area contributed by atoms with Crippen molar-refractivity contribution in [3.63, 3.8) is 0 Å². The molecule has 2 aliphatic heterocycles. The number of carbonyl (C=O) groups is 2. The Balaban J connectivity index is 1.45. The Labute approximate surface area is 196 Å². The van der Waals surface area contributed by atoms with Gasteiger partial charge in [0.25, 0.3) is 5.91 Å². The number of para-hydroxylation sites is 1. The zero-order valence-electron chi connectivity index (χ0n) is 18.5. The standard InChI is InChI=1S/C28H22N2O4/c1-33-21-16-14-19(15-17-21)25-24-26(34-30(25)20-10-3-2-4-11-20)28(32)29(27(24)31)23-13-7-9-18-8-5-6-12-22(18)23/h2-17,24-26H,1H3/t24-,25+,26-/m0/s1. The number of anilines is 2. The molecule has 6 heteroatoms. The third-order valence-corrected chi connectivity index (χ3v) is 6.59. The molecule has 2 saturated heterocycles. The number of rotatable bonds is 4. The van der Waals surface area contributed by atoms with Crippen molar-refractivity contribution in [2.75, 3.05) is 17.1 Å². The molecular weight excluding hydrogens is 428 g/mol. The number of ether oxygens (including phenoxy) is 1. The Kier molecular flexibility index (Phi) is 4.81. The van der Waals surface area contributed by atoms with Gasteiger partial charge in [-0.2, -0.15) is 0 Å². The molecular formula is C28H22N2O4. The molecule has 0 spiro atoms. The number of benzene rings is 4. The van der Waals surface area contributed by atoms with Gasteiger partial charge >= 0.3 is 0 Å². The average molecular weight is 450 g/mol. The first-order valence-electron chi connectivity index (χ1n) is 11.2. The van der Waals surface area contributed by atoms with Crippen LogP contribution in [0.15, 0.2) is 97.1 Å². The summed E-state index contributed by atoms with van der Waals surface area (Å²) in [5, 5.41) is 3.52. The van der Waals surface area contributed by atoms with Crippen molar-refractivity contribution in [3.8, 4) is 5.75 Å². The second kappa shape index (κ2) is 8.01. The Hall–Kier alpha value is -4.16. The van der Waals surface area contributed by atoms with Crippen molar-refractivity contribution in [2.45, 2.75) is 12.1 Å². The maximum atomic E-state index is 13.9. The fraction of sp³-hybridized carbons (Fsp3) is 0.143. The van der Waals surface area contributed by atoms with Gasteiger partial charge in [0.05, 0.1) is 24.5 Å². The Morgan fingerprint density at radius 1 is 0.765 bits per heavy atom. The van der Waals surface area contributed by atoms with Crippen LogP contribution in [0.4, 0.5) is 11.4 Å². The van der Waals surface area contributed by atoms with E-state index in [9.17, 15) is 9.59 Å². The predicted octanol–water partition coefficient (Wildman–Crippen LogP) is 4.90. The number of amides is 2. The quantitative estimate of drug-likeness (QED) is 0.414. The van der Waals surface area contributed by atoms with Crippen molar-refractivity contribution in [1.29, 1.82) is 0 Å². The van der Waals surface area contributed by atoms with Gasteiger partial charge in [0, 0.05) is 5.39 Å². The van der Waals surface area contributed by atoms with Crippen molar-refractivity contribution < 1.29 is 19.2 Å². The molecule has 4 aromatic carbocycles. The van der Waals surface area contributed by atoms with Gasteiger partial charge in [0.1, 0.15) is 11.7 Å². The van der Waals surface area contributed by atoms with Crippen LogP contribution < -0.4 is 14.7 Å². The lowest BCUT2D eigenvalue weighted by atomic mass is 9.90. The molecule has 6 nitrogen and oxygen atoms in total. The monoisotopic (exact) mass is 450 g/mol. The van der Waals surface area contributed by atoms with Gasteiger partial charge in [-0.25, -0.2) is 9.96 Å². The summed E-state index contributed by atoms with van der Waals surface area (Å²) in [7, 11) is 1.61. The third-order valence-electron chi connectivity index (χ3n) is 6.59. The highest BCUT2D eigenvalue weighted by molar-refractivity contribution is 6.26. The van der Waals surface area contributed by atoms with Crippen LogP contribution in [0.5, 0.6) is 5.75 Å². The molecule has 0 N–H and O–H groups in total. The zero-order chi connectivity index (χ0) is 23.2. The second-order valence-electron chi connectivity index (χ2n) is 8.44. The molecule has 6 rings (SSSR count). The highest BCUT2D eigenvalue weighted by Gasteiger charge is 2.60. The first-order chi connectivity index (χ1) is 16.7. The summed E-state index contributed by atoms with van der Waals surface area (Å²) in [6, 6.07) is 30.0. The van der Waals surface area contributed by atoms with Gasteiger partial charge in [-0.05, 0) is 41.3 Å². The lowest BCUT2D eigenvalue weighted by molar-refractivity contribution is -0.126. The van der Waals surface area contributed by atoms with Gasteiger partial charge in [-0.3, -0.25) is 14.4 Å². The van der Waals surface area contributed by atoms with Crippen LogP contribution in [-0.4, -0.2) is 25.0 Å². The summed E-state index contributed by atoms with van der Waals surface area (Å²) < 4.78 is 5.31. The van der Waals surface area contributed by atoms with E-state index in [2.05, 4.69) is 0 Å². The molecule has 0 saturated carbocycles. The van der Waals surface area contributed by atoms with E-state index >= 15 is 0 Å². The summed E-state index contributed by atoms with van der Waals surface area (Å²) >= 11 is 0. The molecule has 0 unspecified atom stereocenters. The average Bonchev–Trinajstić information content (AvgIpc) is 3.40. The van der Waals surface area contributed by atoms with Crippen LogP contribution in [0.25, 0.3) is 10.8 Å². The number of hydroxylamine groups is 1. The first kappa shape index (κ1) is 20.4. The molecule has 0 aromatic heterocycles. The van der Waals surface area contributed by atoms with Gasteiger partial charge in [-0.1, -0.05) is 66.7 Å². The fourth-order valence-corrected chi connectivity index (χ4v) is 4.99. The SMILES string of the molecule is COc1ccc([C@@H]2[C@@H]3C(=O)N(c4cccc5ccccc45)C(=O)[C@H]3ON2c2ccccc2)cc1. The van der Waals surface area contributed by atoms with Crippen LogP contribution in [0.3, 0.4) is 0 Å². The predicted molar refractivity (Wildman–Crippen MR) is 129 cm³/mol. The van der Waals surface area contributed by atoms with Crippen molar-refractivity contribution in [1.82, 2.24) is 0 Å². The largest absolute Gasteiger partial charge is 0.497 e. The molecule has 0 aliphatic carbocycles. The van der Waals surface area contributed by atoms with E-state index < -0.39 is 18.1 Å². The number of imide groups is 1. The second-order valence-corrected chi connectivity index (χ2v) is 8.44. The number of fused-ring (bicyclic) bond motifs is 2. The first-order valence-corrected chi connectivity index (χ1v) is 11.2. The molecule has 2 heterocycles. The molecule has 0 bridgehead atoms. The van der Waals surface area contributed by atoms with Gasteiger partial charge < -0.3 is 4.74 Å². The van der Waals surface area contributed by atoms with E-state index in [1.165, 1.54) is 4.90 Å². The van der Waals surface area contributed by atoms with Crippen LogP contribution in [0.1, 0.15) is 11.6 Å². The minimum absolute atomic E-state index is 0.259. The van der Waals surface area contributed by atoms with Crippen molar-refractivity contribution in [3.05, 3.63) is 103 Å². The summed E-state index contributed by atoms with van der Waals surface area (Å²) in [6.45, 7) is 0. The summed E-state index contributed by atoms with van der Waals surface area (Å²) in [4.78, 5) is 35.1. The Morgan fingerprint density at radius 3 is 2.24 bits per heavy atom. The summed E-state index contributed by atoms with van der Waals surface area (Å²) in [5.74, 6) is -0.564. The minimum Gasteiger partial charge on any atom is -0.497 e. The molecule has 4 aromatic rings. The molecule has 2 aliphatic rings. The highest BCUT2D eigenvalue weighted by atomic mass is 16.7. The third kappa shape index (κ3) is 3.07. The van der Waals surface area contributed by atoms with E-state index in [0.717, 1.165) is 27.8 Å². The van der Waals surface area contributed by atoms with Gasteiger partial charge in [0.2, 0.25) is 5.91 Å². The van der Waals surface area contributed by atoms with E-state index in [0.29, 0.717) is 5.69 Å². The van der Waals surface area contributed by atoms with E-state index in [4.69, 9.17) is 9.57 Å². The highest BCUT2D eigenvalue weighted by Crippen LogP contribution is 2.48. The smallest absolute Gasteiger partial charge is 0.266 e. The molecule has 2 amide bonds. The molecule has 34 heavy (non-hydrogen) atoms. The van der Waals surface area contributed by atoms with Crippen molar-refractivity contribution in [2.24, 2.45) is 5.92 Å². The Morgan fingerprint density at radius 2 is 1.47 bits per heavy atom. The molecule has 2 fully saturated rings. The minimum atomic E-state index is -0.904. The molecule has 3 atom stereocenters. The lowest BCUT2D eigenvalue weighted by Crippen LogP contribution is -2.37. The number of carbonyl (C=O) groups excluding carboxylic acids is 2. The number of methoxy groups -OCH3 is 1. The topological polar surface area (TPSA) is 59.1 Å². The van der Waals surface area contributed by atoms with Crippen molar-refractivity contribution >= 4 is 34.0 Å².